The molecule has 1 amide bonds. The zero-order chi connectivity index (χ0) is 23.1. The number of nitrogens with one attached hydrogen (secondary N) is 1. The van der Waals surface area contributed by atoms with Gasteiger partial charge in [0.1, 0.15) is 5.75 Å². The molecule has 0 atom stereocenters. The van der Waals surface area contributed by atoms with E-state index in [1.54, 1.807) is 48.8 Å². The van der Waals surface area contributed by atoms with Crippen LogP contribution in [0.3, 0.4) is 0 Å². The number of methoxy groups -OCH3 is 1. The Morgan fingerprint density at radius 2 is 1.66 bits per heavy atom. The van der Waals surface area contributed by atoms with Crippen molar-refractivity contribution in [3.05, 3.63) is 96.1 Å². The number of benzene rings is 3. The van der Waals surface area contributed by atoms with E-state index in [0.29, 0.717) is 22.6 Å². The average molecular weight is 453 g/mol. The molecule has 0 saturated carbocycles. The quantitative estimate of drug-likeness (QED) is 0.308. The molecule has 8 heteroatoms. The largest absolute Gasteiger partial charge is 0.497 e. The normalized spacial score (nSPS) is 11.7. The Morgan fingerprint density at radius 1 is 1.00 bits per heavy atom. The van der Waals surface area contributed by atoms with Crippen LogP contribution in [-0.4, -0.2) is 33.2 Å². The third-order valence-corrected chi connectivity index (χ3v) is 6.77. The third kappa shape index (κ3) is 4.99. The lowest BCUT2D eigenvalue weighted by molar-refractivity contribution is -0.124. The molecular weight excluding hydrogens is 428 g/mol. The summed E-state index contributed by atoms with van der Waals surface area (Å²) in [4.78, 5) is 12.0. The fourth-order valence-corrected chi connectivity index (χ4v) is 4.77. The smallest absolute Gasteiger partial charge is 0.267 e. The number of anilines is 1. The molecule has 0 aromatic heterocycles. The molecule has 0 aliphatic rings. The maximum atomic E-state index is 13.3. The number of hydroxylamine groups is 1. The Kier molecular flexibility index (Phi) is 7.29. The molecule has 32 heavy (non-hydrogen) atoms. The molecule has 0 aliphatic heterocycles. The number of rotatable bonds is 8. The number of carbonyl (C=O) groups excluding carboxylic acids is 1. The fourth-order valence-electron chi connectivity index (χ4n) is 3.31. The van der Waals surface area contributed by atoms with E-state index in [1.807, 2.05) is 30.3 Å². The van der Waals surface area contributed by atoms with Crippen molar-refractivity contribution in [2.24, 2.45) is 0 Å². The van der Waals surface area contributed by atoms with Gasteiger partial charge in [0.25, 0.3) is 15.9 Å². The fraction of sp³-hybridized carbons (Fsp3) is 0.125. The molecule has 0 bridgehead atoms. The first-order valence-corrected chi connectivity index (χ1v) is 11.3. The lowest BCUT2D eigenvalue weighted by Gasteiger charge is -2.24. The van der Waals surface area contributed by atoms with E-state index in [-0.39, 0.29) is 11.4 Å². The lowest BCUT2D eigenvalue weighted by atomic mass is 9.97. The van der Waals surface area contributed by atoms with E-state index >= 15 is 0 Å². The summed E-state index contributed by atoms with van der Waals surface area (Å²) in [7, 11) is -2.31. The van der Waals surface area contributed by atoms with Gasteiger partial charge in [0, 0.05) is 12.6 Å². The first-order chi connectivity index (χ1) is 15.4. The Morgan fingerprint density at radius 3 is 2.25 bits per heavy atom. The maximum Gasteiger partial charge on any atom is 0.267 e. The average Bonchev–Trinajstić information content (AvgIpc) is 2.83. The Labute approximate surface area is 187 Å². The van der Waals surface area contributed by atoms with E-state index in [2.05, 4.69) is 0 Å². The Bertz CT molecular complexity index is 1210. The molecule has 166 valence electrons. The summed E-state index contributed by atoms with van der Waals surface area (Å²) < 4.78 is 33.0. The highest BCUT2D eigenvalue weighted by atomic mass is 32.2. The number of amides is 1. The summed E-state index contributed by atoms with van der Waals surface area (Å²) in [6.07, 6.45) is 1.27. The molecule has 0 fully saturated rings. The molecule has 0 heterocycles. The summed E-state index contributed by atoms with van der Waals surface area (Å²) >= 11 is 0. The Balaban J connectivity index is 2.07. The Hall–Kier alpha value is -3.62. The van der Waals surface area contributed by atoms with Gasteiger partial charge in [-0.25, -0.2) is 13.9 Å². The van der Waals surface area contributed by atoms with Gasteiger partial charge < -0.3 is 4.74 Å². The van der Waals surface area contributed by atoms with Crippen LogP contribution in [0.4, 0.5) is 5.69 Å². The number of hydrogen-bond acceptors (Lipinski definition) is 5. The summed E-state index contributed by atoms with van der Waals surface area (Å²) in [5.74, 6) is -0.124. The van der Waals surface area contributed by atoms with Gasteiger partial charge in [0.2, 0.25) is 0 Å². The maximum absolute atomic E-state index is 13.3. The molecule has 0 saturated heterocycles. The summed E-state index contributed by atoms with van der Waals surface area (Å²) in [6, 6.07) is 22.3. The van der Waals surface area contributed by atoms with Crippen molar-refractivity contribution < 1.29 is 23.2 Å². The highest BCUT2D eigenvalue weighted by molar-refractivity contribution is 7.92. The van der Waals surface area contributed by atoms with Gasteiger partial charge in [-0.2, -0.15) is 0 Å². The molecule has 7 nitrogen and oxygen atoms in total. The predicted octanol–water partition coefficient (Wildman–Crippen LogP) is 3.85. The second-order valence-corrected chi connectivity index (χ2v) is 8.66. The second kappa shape index (κ2) is 10.1. The number of nitrogens with zero attached hydrogens (tertiary/aromatic N) is 1. The third-order valence-electron chi connectivity index (χ3n) is 4.85. The number of ether oxygens (including phenoxy) is 1. The summed E-state index contributed by atoms with van der Waals surface area (Å²) in [5, 5.41) is 8.99. The zero-order valence-electron chi connectivity index (χ0n) is 17.7. The van der Waals surface area contributed by atoms with Crippen LogP contribution in [-0.2, 0) is 14.8 Å². The minimum atomic E-state index is -3.82. The highest BCUT2D eigenvalue weighted by Gasteiger charge is 2.24. The van der Waals surface area contributed by atoms with Crippen LogP contribution < -0.4 is 14.5 Å². The summed E-state index contributed by atoms with van der Waals surface area (Å²) in [5.41, 5.74) is 3.97. The van der Waals surface area contributed by atoms with Crippen molar-refractivity contribution in [3.8, 4) is 5.75 Å². The molecule has 0 radical (unpaired) electrons. The summed E-state index contributed by atoms with van der Waals surface area (Å²) in [6.45, 7) is 1.96. The van der Waals surface area contributed by atoms with Crippen LogP contribution in [0.1, 0.15) is 18.1 Å². The van der Waals surface area contributed by atoms with E-state index in [4.69, 9.17) is 9.94 Å². The van der Waals surface area contributed by atoms with Gasteiger partial charge in [-0.1, -0.05) is 42.5 Å². The molecule has 0 spiro atoms. The molecule has 3 aromatic carbocycles. The highest BCUT2D eigenvalue weighted by Crippen LogP contribution is 2.30. The predicted molar refractivity (Wildman–Crippen MR) is 123 cm³/mol. The SMILES string of the molecule is CCN(c1cccc(C(=CC(=O)NO)c2ccccc2)c1)S(=O)(=O)c1ccc(OC)cc1. The second-order valence-electron chi connectivity index (χ2n) is 6.80. The first-order valence-electron chi connectivity index (χ1n) is 9.89. The number of carbonyl (C=O) groups is 1. The minimum Gasteiger partial charge on any atom is -0.497 e. The first kappa shape index (κ1) is 23.1. The standard InChI is InChI=1S/C24H24N2O5S/c1-3-26(32(29,30)22-14-12-21(31-2)13-15-22)20-11-7-10-19(16-20)23(17-24(27)25-28)18-8-5-4-6-9-18/h4-17,28H,3H2,1-2H3,(H,25,27). The van der Waals surface area contributed by atoms with Crippen LogP contribution in [0.2, 0.25) is 0 Å². The van der Waals surface area contributed by atoms with Gasteiger partial charge in [0.15, 0.2) is 0 Å². The van der Waals surface area contributed by atoms with Gasteiger partial charge in [-0.3, -0.25) is 14.3 Å². The lowest BCUT2D eigenvalue weighted by Crippen LogP contribution is -2.30. The van der Waals surface area contributed by atoms with Crippen LogP contribution >= 0.6 is 0 Å². The van der Waals surface area contributed by atoms with Gasteiger partial charge >= 0.3 is 0 Å². The van der Waals surface area contributed by atoms with E-state index < -0.39 is 15.9 Å². The van der Waals surface area contributed by atoms with Crippen molar-refractivity contribution in [2.45, 2.75) is 11.8 Å². The molecular formula is C24H24N2O5S. The minimum absolute atomic E-state index is 0.143. The van der Waals surface area contributed by atoms with Crippen LogP contribution in [0.5, 0.6) is 5.75 Å². The van der Waals surface area contributed by atoms with E-state index in [9.17, 15) is 13.2 Å². The van der Waals surface area contributed by atoms with Crippen molar-refractivity contribution in [2.75, 3.05) is 18.0 Å². The molecule has 3 rings (SSSR count). The van der Waals surface area contributed by atoms with E-state index in [1.165, 1.54) is 29.6 Å². The molecule has 2 N–H and O–H groups in total. The number of sulfonamides is 1. The topological polar surface area (TPSA) is 95.9 Å². The van der Waals surface area contributed by atoms with Gasteiger partial charge in [-0.05, 0) is 60.0 Å². The molecule has 0 unspecified atom stereocenters. The number of hydrogen-bond donors (Lipinski definition) is 2. The zero-order valence-corrected chi connectivity index (χ0v) is 18.5. The van der Waals surface area contributed by atoms with Crippen LogP contribution in [0.25, 0.3) is 5.57 Å². The van der Waals surface area contributed by atoms with E-state index in [0.717, 1.165) is 5.56 Å². The monoisotopic (exact) mass is 452 g/mol. The molecule has 0 aliphatic carbocycles. The van der Waals surface area contributed by atoms with Crippen molar-refractivity contribution in [1.29, 1.82) is 0 Å². The van der Waals surface area contributed by atoms with Crippen molar-refractivity contribution in [1.82, 2.24) is 5.48 Å². The molecule has 3 aromatic rings. The van der Waals surface area contributed by atoms with Gasteiger partial charge in [-0.15, -0.1) is 0 Å². The van der Waals surface area contributed by atoms with Crippen LogP contribution in [0, 0.1) is 0 Å². The van der Waals surface area contributed by atoms with Crippen LogP contribution in [0.15, 0.2) is 89.8 Å². The van der Waals surface area contributed by atoms with Gasteiger partial charge in [0.05, 0.1) is 17.7 Å². The van der Waals surface area contributed by atoms with Crippen molar-refractivity contribution in [3.63, 3.8) is 0 Å². The van der Waals surface area contributed by atoms with Crippen molar-refractivity contribution >= 4 is 27.2 Å².